The molecule has 2 amide bonds. The molecular weight excluding hydrogens is 267 g/mol. The average Bonchev–Trinajstić information content (AvgIpc) is 3.22. The zero-order valence-electron chi connectivity index (χ0n) is 10.5. The van der Waals surface area contributed by atoms with Crippen molar-refractivity contribution in [3.63, 3.8) is 0 Å². The smallest absolute Gasteiger partial charge is 0.409 e. The van der Waals surface area contributed by atoms with Crippen LogP contribution < -0.4 is 15.4 Å². The maximum absolute atomic E-state index is 13.7. The number of Topliss-reactive ketones (excluding diaryl/α,β-unsaturated/α-hetero) is 1. The Morgan fingerprint density at radius 1 is 1.45 bits per heavy atom. The molecule has 0 unspecified atom stereocenters. The number of benzene rings is 1. The van der Waals surface area contributed by atoms with Crippen LogP contribution in [0, 0.1) is 11.7 Å². The van der Waals surface area contributed by atoms with Crippen LogP contribution >= 0.6 is 0 Å². The van der Waals surface area contributed by atoms with Crippen molar-refractivity contribution in [2.45, 2.75) is 12.8 Å². The van der Waals surface area contributed by atoms with E-state index in [1.54, 1.807) is 0 Å². The number of primary amides is 1. The van der Waals surface area contributed by atoms with Gasteiger partial charge in [0.05, 0.1) is 12.2 Å². The Kier molecular flexibility index (Phi) is 3.97. The highest BCUT2D eigenvalue weighted by molar-refractivity contribution is 5.92. The van der Waals surface area contributed by atoms with Gasteiger partial charge in [0.25, 0.3) is 0 Å². The van der Waals surface area contributed by atoms with Crippen LogP contribution in [0.2, 0.25) is 0 Å². The molecule has 0 atom stereocenters. The fraction of sp³-hybridized carbons (Fsp3) is 0.308. The van der Waals surface area contributed by atoms with Gasteiger partial charge in [-0.05, 0) is 25.0 Å². The van der Waals surface area contributed by atoms with E-state index < -0.39 is 11.9 Å². The zero-order valence-corrected chi connectivity index (χ0v) is 10.5. The molecule has 1 aromatic carbocycles. The summed E-state index contributed by atoms with van der Waals surface area (Å²) in [7, 11) is 0. The summed E-state index contributed by atoms with van der Waals surface area (Å²) in [4.78, 5) is 34.3. The molecule has 0 radical (unpaired) electrons. The van der Waals surface area contributed by atoms with Gasteiger partial charge in [0.2, 0.25) is 6.41 Å². The molecule has 7 heteroatoms. The van der Waals surface area contributed by atoms with Crippen LogP contribution in [0.1, 0.15) is 12.8 Å². The van der Waals surface area contributed by atoms with Crippen molar-refractivity contribution >= 4 is 24.0 Å². The molecule has 106 valence electrons. The number of nitrogens with zero attached hydrogens (tertiary/aromatic N) is 1. The minimum atomic E-state index is -1.05. The minimum absolute atomic E-state index is 0.000351. The summed E-state index contributed by atoms with van der Waals surface area (Å²) in [6.45, 7) is -0.203. The zero-order chi connectivity index (χ0) is 14.7. The molecule has 1 aromatic rings. The number of hydrogen-bond donors (Lipinski definition) is 1. The molecular formula is C13H13FN2O4. The van der Waals surface area contributed by atoms with Gasteiger partial charge in [0.15, 0.2) is 5.78 Å². The molecule has 1 aliphatic carbocycles. The number of carbonyl (C=O) groups excluding carboxylic acids is 3. The summed E-state index contributed by atoms with van der Waals surface area (Å²) in [6, 6.07) is 3.38. The molecule has 6 nitrogen and oxygen atoms in total. The van der Waals surface area contributed by atoms with E-state index in [1.807, 2.05) is 0 Å². The molecule has 1 saturated carbocycles. The maximum Gasteiger partial charge on any atom is 0.409 e. The van der Waals surface area contributed by atoms with E-state index in [4.69, 9.17) is 5.73 Å². The summed E-state index contributed by atoms with van der Waals surface area (Å²) < 4.78 is 18.3. The van der Waals surface area contributed by atoms with Crippen LogP contribution in [0.3, 0.4) is 0 Å². The van der Waals surface area contributed by atoms with Gasteiger partial charge in [0.1, 0.15) is 11.6 Å². The molecule has 1 fully saturated rings. The molecule has 0 heterocycles. The Balaban J connectivity index is 2.20. The number of anilines is 1. The number of carbonyl (C=O) groups is 3. The Morgan fingerprint density at radius 2 is 2.15 bits per heavy atom. The van der Waals surface area contributed by atoms with Gasteiger partial charge in [-0.1, -0.05) is 0 Å². The van der Waals surface area contributed by atoms with Crippen molar-refractivity contribution in [3.8, 4) is 5.75 Å². The second-order valence-electron chi connectivity index (χ2n) is 4.51. The topological polar surface area (TPSA) is 89.7 Å². The van der Waals surface area contributed by atoms with Crippen molar-refractivity contribution in [2.24, 2.45) is 11.7 Å². The monoisotopic (exact) mass is 280 g/mol. The standard InChI is InChI=1S/C13H13FN2O4/c14-10-4-3-9(20-13(15)19)5-11(10)16(7-17)6-12(18)8-1-2-8/h3-5,7-8H,1-2,6H2,(H2,15,19). The van der Waals surface area contributed by atoms with Crippen molar-refractivity contribution < 1.29 is 23.5 Å². The van der Waals surface area contributed by atoms with E-state index in [0.29, 0.717) is 6.41 Å². The number of amides is 2. The molecule has 0 saturated heterocycles. The Hall–Kier alpha value is -2.44. The Bertz CT molecular complexity index is 557. The predicted molar refractivity (Wildman–Crippen MR) is 67.8 cm³/mol. The largest absolute Gasteiger partial charge is 0.410 e. The van der Waals surface area contributed by atoms with Crippen LogP contribution in [-0.4, -0.2) is 24.8 Å². The van der Waals surface area contributed by atoms with Gasteiger partial charge in [0, 0.05) is 12.0 Å². The van der Waals surface area contributed by atoms with Crippen LogP contribution in [0.25, 0.3) is 0 Å². The first-order chi connectivity index (χ1) is 9.51. The van der Waals surface area contributed by atoms with E-state index in [0.717, 1.165) is 29.9 Å². The number of halogens is 1. The first kappa shape index (κ1) is 14.0. The third kappa shape index (κ3) is 3.31. The summed E-state index contributed by atoms with van der Waals surface area (Å²) in [6.07, 6.45) is 0.930. The third-order valence-electron chi connectivity index (χ3n) is 2.93. The van der Waals surface area contributed by atoms with Crippen LogP contribution in [-0.2, 0) is 9.59 Å². The highest BCUT2D eigenvalue weighted by Crippen LogP contribution is 2.31. The number of rotatable bonds is 6. The fourth-order valence-corrected chi connectivity index (χ4v) is 1.77. The second-order valence-corrected chi connectivity index (χ2v) is 4.51. The molecule has 1 aliphatic rings. The lowest BCUT2D eigenvalue weighted by Crippen LogP contribution is -2.30. The van der Waals surface area contributed by atoms with E-state index in [2.05, 4.69) is 4.74 Å². The SMILES string of the molecule is NC(=O)Oc1ccc(F)c(N(C=O)CC(=O)C2CC2)c1. The number of ketones is 1. The highest BCUT2D eigenvalue weighted by atomic mass is 19.1. The van der Waals surface area contributed by atoms with Crippen molar-refractivity contribution in [1.82, 2.24) is 0 Å². The molecule has 2 N–H and O–H groups in total. The summed E-state index contributed by atoms with van der Waals surface area (Å²) in [5, 5.41) is 0. The van der Waals surface area contributed by atoms with Gasteiger partial charge in [-0.25, -0.2) is 9.18 Å². The first-order valence-electron chi connectivity index (χ1n) is 6.02. The first-order valence-corrected chi connectivity index (χ1v) is 6.02. The Morgan fingerprint density at radius 3 is 2.70 bits per heavy atom. The summed E-state index contributed by atoms with van der Waals surface area (Å²) in [5.41, 5.74) is 4.73. The summed E-state index contributed by atoms with van der Waals surface area (Å²) >= 11 is 0. The fourth-order valence-electron chi connectivity index (χ4n) is 1.77. The van der Waals surface area contributed by atoms with Crippen LogP contribution in [0.5, 0.6) is 5.75 Å². The van der Waals surface area contributed by atoms with Gasteiger partial charge < -0.3 is 15.4 Å². The molecule has 2 rings (SSSR count). The summed E-state index contributed by atoms with van der Waals surface area (Å²) in [5.74, 6) is -0.847. The number of nitrogens with two attached hydrogens (primary N) is 1. The van der Waals surface area contributed by atoms with Crippen molar-refractivity contribution in [3.05, 3.63) is 24.0 Å². The molecule has 0 aliphatic heterocycles. The molecule has 0 bridgehead atoms. The van der Waals surface area contributed by atoms with E-state index in [-0.39, 0.29) is 29.7 Å². The van der Waals surface area contributed by atoms with E-state index >= 15 is 0 Å². The van der Waals surface area contributed by atoms with E-state index in [1.165, 1.54) is 6.07 Å². The highest BCUT2D eigenvalue weighted by Gasteiger charge is 2.31. The molecule has 0 spiro atoms. The number of ether oxygens (including phenoxy) is 1. The quantitative estimate of drug-likeness (QED) is 0.793. The molecule has 0 aromatic heterocycles. The maximum atomic E-state index is 13.7. The van der Waals surface area contributed by atoms with Gasteiger partial charge in [-0.3, -0.25) is 9.59 Å². The third-order valence-corrected chi connectivity index (χ3v) is 2.93. The van der Waals surface area contributed by atoms with Crippen LogP contribution in [0.4, 0.5) is 14.9 Å². The number of hydrogen-bond acceptors (Lipinski definition) is 4. The normalized spacial score (nSPS) is 13.7. The predicted octanol–water partition coefficient (Wildman–Crippen LogP) is 1.23. The van der Waals surface area contributed by atoms with Gasteiger partial charge >= 0.3 is 6.09 Å². The lowest BCUT2D eigenvalue weighted by atomic mass is 10.2. The van der Waals surface area contributed by atoms with Crippen LogP contribution in [0.15, 0.2) is 18.2 Å². The molecule has 20 heavy (non-hydrogen) atoms. The van der Waals surface area contributed by atoms with Gasteiger partial charge in [-0.2, -0.15) is 0 Å². The second kappa shape index (κ2) is 5.68. The van der Waals surface area contributed by atoms with Crippen molar-refractivity contribution in [1.29, 1.82) is 0 Å². The minimum Gasteiger partial charge on any atom is -0.410 e. The van der Waals surface area contributed by atoms with E-state index in [9.17, 15) is 18.8 Å². The van der Waals surface area contributed by atoms with Crippen molar-refractivity contribution in [2.75, 3.05) is 11.4 Å². The van der Waals surface area contributed by atoms with Gasteiger partial charge in [-0.15, -0.1) is 0 Å². The Labute approximate surface area is 114 Å². The lowest BCUT2D eigenvalue weighted by Gasteiger charge is -2.18. The lowest BCUT2D eigenvalue weighted by molar-refractivity contribution is -0.120. The average molecular weight is 280 g/mol.